The molecular weight excluding hydrogens is 402 g/mol. The summed E-state index contributed by atoms with van der Waals surface area (Å²) in [5, 5.41) is 2.84. The van der Waals surface area contributed by atoms with Gasteiger partial charge in [-0.2, -0.15) is 0 Å². The van der Waals surface area contributed by atoms with Gasteiger partial charge in [0.15, 0.2) is 0 Å². The van der Waals surface area contributed by atoms with Gasteiger partial charge in [-0.05, 0) is 54.5 Å². The van der Waals surface area contributed by atoms with E-state index >= 15 is 0 Å². The third-order valence-corrected chi connectivity index (χ3v) is 4.47. The molecule has 0 atom stereocenters. The standard InChI is InChI=1S/C25H25N5O2/c1-27-17-20(16-26)24-12-15-29-18-19(24)5-10-25(31)30-21-6-8-23(9-7-21)32-22-4-2-3-13-28-14-11-22/h3-10,12-18H,2,11,26H2,1H3,(H,30,31)/b10-5+,13-3?,20-16?,22-4+,27-17?,28-14?. The van der Waals surface area contributed by atoms with Crippen LogP contribution in [0.5, 0.6) is 5.75 Å². The number of hydrogen-bond acceptors (Lipinski definition) is 6. The predicted octanol–water partition coefficient (Wildman–Crippen LogP) is 4.37. The molecule has 0 radical (unpaired) electrons. The maximum atomic E-state index is 12.4. The Hall–Kier alpha value is -4.26. The summed E-state index contributed by atoms with van der Waals surface area (Å²) in [7, 11) is 1.67. The first-order chi connectivity index (χ1) is 15.7. The molecule has 0 bridgehead atoms. The van der Waals surface area contributed by atoms with Gasteiger partial charge in [-0.1, -0.05) is 6.08 Å². The fourth-order valence-electron chi connectivity index (χ4n) is 2.94. The molecule has 1 aliphatic rings. The van der Waals surface area contributed by atoms with Gasteiger partial charge in [0.05, 0.1) is 0 Å². The van der Waals surface area contributed by atoms with Gasteiger partial charge in [0.1, 0.15) is 11.5 Å². The molecule has 3 rings (SSSR count). The van der Waals surface area contributed by atoms with Crippen molar-refractivity contribution in [1.82, 2.24) is 4.98 Å². The van der Waals surface area contributed by atoms with Crippen molar-refractivity contribution in [2.24, 2.45) is 15.7 Å². The van der Waals surface area contributed by atoms with E-state index in [1.165, 1.54) is 12.3 Å². The van der Waals surface area contributed by atoms with Crippen molar-refractivity contribution < 1.29 is 9.53 Å². The van der Waals surface area contributed by atoms with Gasteiger partial charge in [0.2, 0.25) is 5.91 Å². The molecule has 3 N–H and O–H groups in total. The average Bonchev–Trinajstić information content (AvgIpc) is 2.79. The first-order valence-electron chi connectivity index (χ1n) is 10.1. The summed E-state index contributed by atoms with van der Waals surface area (Å²) in [5.74, 6) is 1.27. The van der Waals surface area contributed by atoms with Crippen LogP contribution >= 0.6 is 0 Å². The molecule has 7 nitrogen and oxygen atoms in total. The highest BCUT2D eigenvalue weighted by molar-refractivity contribution is 6.11. The van der Waals surface area contributed by atoms with Crippen LogP contribution in [0.15, 0.2) is 89.1 Å². The van der Waals surface area contributed by atoms with Gasteiger partial charge in [-0.25, -0.2) is 0 Å². The van der Waals surface area contributed by atoms with Crippen LogP contribution in [0.3, 0.4) is 0 Å². The molecule has 7 heteroatoms. The second-order valence-corrected chi connectivity index (χ2v) is 6.75. The number of aliphatic imine (C=N–C) groups is 2. The van der Waals surface area contributed by atoms with Crippen LogP contribution in [0, 0.1) is 0 Å². The number of carbonyl (C=O) groups is 1. The zero-order valence-corrected chi connectivity index (χ0v) is 17.8. The second-order valence-electron chi connectivity index (χ2n) is 6.75. The monoisotopic (exact) mass is 427 g/mol. The second kappa shape index (κ2) is 11.8. The molecule has 0 unspecified atom stereocenters. The highest BCUT2D eigenvalue weighted by Gasteiger charge is 2.06. The number of rotatable bonds is 7. The van der Waals surface area contributed by atoms with Crippen LogP contribution in [-0.2, 0) is 4.79 Å². The number of anilines is 1. The van der Waals surface area contributed by atoms with Crippen LogP contribution in [0.4, 0.5) is 5.69 Å². The smallest absolute Gasteiger partial charge is 0.248 e. The number of allylic oxidation sites excluding steroid dienone is 4. The lowest BCUT2D eigenvalue weighted by Crippen LogP contribution is -2.07. The molecule has 162 valence electrons. The molecule has 1 aromatic carbocycles. The van der Waals surface area contributed by atoms with E-state index in [1.807, 2.05) is 30.4 Å². The fourth-order valence-corrected chi connectivity index (χ4v) is 2.94. The minimum absolute atomic E-state index is 0.262. The number of carbonyl (C=O) groups excluding carboxylic acids is 1. The lowest BCUT2D eigenvalue weighted by Gasteiger charge is -2.10. The first-order valence-corrected chi connectivity index (χ1v) is 10.1. The number of nitrogens with two attached hydrogens (primary N) is 1. The van der Waals surface area contributed by atoms with Crippen molar-refractivity contribution in [3.8, 4) is 5.75 Å². The van der Waals surface area contributed by atoms with Gasteiger partial charge in [0.25, 0.3) is 0 Å². The molecule has 0 spiro atoms. The summed E-state index contributed by atoms with van der Waals surface area (Å²) < 4.78 is 5.90. The molecule has 1 amide bonds. The molecular formula is C25H25N5O2. The third-order valence-electron chi connectivity index (χ3n) is 4.47. The van der Waals surface area contributed by atoms with Gasteiger partial charge in [-0.15, -0.1) is 0 Å². The molecule has 2 heterocycles. The molecule has 1 aliphatic heterocycles. The summed E-state index contributed by atoms with van der Waals surface area (Å²) in [6.07, 6.45) is 18.6. The fraction of sp³-hybridized carbons (Fsp3) is 0.120. The topological polar surface area (TPSA) is 102 Å². The van der Waals surface area contributed by atoms with Gasteiger partial charge in [-0.3, -0.25) is 19.8 Å². The molecule has 0 aliphatic carbocycles. The molecule has 0 saturated carbocycles. The SMILES string of the molecule is CN=CC(=CN)c1ccncc1/C=C/C(=O)Nc1ccc(O/C2=C/CC=CN=CC2)cc1. The van der Waals surface area contributed by atoms with Crippen LogP contribution in [0.1, 0.15) is 24.0 Å². The van der Waals surface area contributed by atoms with E-state index < -0.39 is 0 Å². The van der Waals surface area contributed by atoms with E-state index in [1.54, 1.807) is 56.3 Å². The maximum absolute atomic E-state index is 12.4. The number of hydrogen-bond donors (Lipinski definition) is 2. The molecule has 1 aromatic heterocycles. The number of pyridine rings is 1. The number of nitrogens with one attached hydrogen (secondary N) is 1. The summed E-state index contributed by atoms with van der Waals surface area (Å²) in [5.41, 5.74) is 8.70. The highest BCUT2D eigenvalue weighted by atomic mass is 16.5. The number of aromatic nitrogens is 1. The van der Waals surface area contributed by atoms with Gasteiger partial charge >= 0.3 is 0 Å². The number of nitrogens with zero attached hydrogens (tertiary/aromatic N) is 3. The Balaban J connectivity index is 1.63. The third kappa shape index (κ3) is 6.63. The van der Waals surface area contributed by atoms with E-state index in [4.69, 9.17) is 10.5 Å². The van der Waals surface area contributed by atoms with Crippen molar-refractivity contribution in [2.75, 3.05) is 12.4 Å². The zero-order valence-electron chi connectivity index (χ0n) is 17.8. The Morgan fingerprint density at radius 3 is 2.88 bits per heavy atom. The molecule has 2 aromatic rings. The first kappa shape index (κ1) is 22.4. The molecule has 0 fully saturated rings. The Morgan fingerprint density at radius 2 is 2.09 bits per heavy atom. The van der Waals surface area contributed by atoms with Crippen molar-refractivity contribution >= 4 is 35.7 Å². The molecule has 32 heavy (non-hydrogen) atoms. The predicted molar refractivity (Wildman–Crippen MR) is 131 cm³/mol. The summed E-state index contributed by atoms with van der Waals surface area (Å²) in [4.78, 5) is 24.7. The van der Waals surface area contributed by atoms with Crippen LogP contribution in [0.25, 0.3) is 11.6 Å². The van der Waals surface area contributed by atoms with E-state index in [0.717, 1.165) is 28.9 Å². The Morgan fingerprint density at radius 1 is 1.25 bits per heavy atom. The maximum Gasteiger partial charge on any atom is 0.248 e. The van der Waals surface area contributed by atoms with E-state index in [9.17, 15) is 4.79 Å². The minimum atomic E-state index is -0.262. The van der Waals surface area contributed by atoms with Crippen LogP contribution in [-0.4, -0.2) is 30.4 Å². The van der Waals surface area contributed by atoms with Crippen molar-refractivity contribution in [3.05, 3.63) is 90.2 Å². The number of ether oxygens (including phenoxy) is 1. The van der Waals surface area contributed by atoms with Gasteiger partial charge < -0.3 is 15.8 Å². The number of amides is 1. The Labute approximate surface area is 187 Å². The quantitative estimate of drug-likeness (QED) is 0.506. The van der Waals surface area contributed by atoms with E-state index in [2.05, 4.69) is 20.3 Å². The van der Waals surface area contributed by atoms with Crippen molar-refractivity contribution in [3.63, 3.8) is 0 Å². The normalized spacial score (nSPS) is 15.9. The lowest BCUT2D eigenvalue weighted by molar-refractivity contribution is -0.111. The Bertz CT molecular complexity index is 1110. The van der Waals surface area contributed by atoms with Crippen molar-refractivity contribution in [1.29, 1.82) is 0 Å². The Kier molecular flexibility index (Phi) is 8.27. The van der Waals surface area contributed by atoms with Crippen molar-refractivity contribution in [2.45, 2.75) is 12.8 Å². The summed E-state index contributed by atoms with van der Waals surface area (Å²) in [6, 6.07) is 9.04. The summed E-state index contributed by atoms with van der Waals surface area (Å²) in [6.45, 7) is 0. The average molecular weight is 428 g/mol. The van der Waals surface area contributed by atoms with Crippen LogP contribution in [0.2, 0.25) is 0 Å². The zero-order chi connectivity index (χ0) is 22.6. The minimum Gasteiger partial charge on any atom is -0.462 e. The largest absolute Gasteiger partial charge is 0.462 e. The molecule has 0 saturated heterocycles. The summed E-state index contributed by atoms with van der Waals surface area (Å²) >= 11 is 0. The lowest BCUT2D eigenvalue weighted by atomic mass is 10.0. The highest BCUT2D eigenvalue weighted by Crippen LogP contribution is 2.20. The van der Waals surface area contributed by atoms with Gasteiger partial charge in [0, 0.05) is 73.6 Å². The van der Waals surface area contributed by atoms with E-state index in [-0.39, 0.29) is 5.91 Å². The number of benzene rings is 1. The van der Waals surface area contributed by atoms with E-state index in [0.29, 0.717) is 17.9 Å². The van der Waals surface area contributed by atoms with Crippen LogP contribution < -0.4 is 15.8 Å².